The van der Waals surface area contributed by atoms with Gasteiger partial charge in [-0.3, -0.25) is 4.79 Å². The van der Waals surface area contributed by atoms with Crippen LogP contribution < -0.4 is 10.6 Å². The van der Waals surface area contributed by atoms with Crippen LogP contribution in [0.1, 0.15) is 62.6 Å². The van der Waals surface area contributed by atoms with Crippen molar-refractivity contribution in [1.82, 2.24) is 0 Å². The first-order chi connectivity index (χ1) is 16.1. The van der Waals surface area contributed by atoms with E-state index in [9.17, 15) is 9.90 Å². The first-order valence-electron chi connectivity index (χ1n) is 12.1. The largest absolute Gasteiger partial charge is 0.507 e. The van der Waals surface area contributed by atoms with Gasteiger partial charge in [0, 0.05) is 23.5 Å². The van der Waals surface area contributed by atoms with Crippen molar-refractivity contribution in [1.29, 1.82) is 0 Å². The minimum Gasteiger partial charge on any atom is -0.507 e. The van der Waals surface area contributed by atoms with E-state index in [1.54, 1.807) is 0 Å². The number of aryl methyl sites for hydroxylation is 3. The summed E-state index contributed by atoms with van der Waals surface area (Å²) in [6, 6.07) is 21.9. The first-order valence-corrected chi connectivity index (χ1v) is 12.1. The van der Waals surface area contributed by atoms with Crippen LogP contribution in [0.5, 0.6) is 5.75 Å². The molecular formula is C29H36N2O2. The average Bonchev–Trinajstić information content (AvgIpc) is 2.83. The van der Waals surface area contributed by atoms with Crippen LogP contribution in [0.4, 0.5) is 17.1 Å². The molecule has 3 aromatic rings. The standard InChI is InChI=1S/C29H36N2O2/c1-3-5-10-23-20-22(21-24(29(23)33)11-6-4-2)14-19-28(32)31-27-17-15-26(16-18-27)30-25-12-8-7-9-13-25/h7-9,12-13,15-18,20-21,30,33H,3-6,10-11,14,19H2,1-2H3,(H,31,32). The number of carbonyl (C=O) groups excluding carboxylic acids is 1. The van der Waals surface area contributed by atoms with Crippen molar-refractivity contribution in [2.45, 2.75) is 65.2 Å². The van der Waals surface area contributed by atoms with E-state index in [2.05, 4.69) is 36.6 Å². The molecule has 1 amide bonds. The Balaban J connectivity index is 1.58. The van der Waals surface area contributed by atoms with E-state index in [0.717, 1.165) is 72.3 Å². The lowest BCUT2D eigenvalue weighted by Gasteiger charge is -2.13. The van der Waals surface area contributed by atoms with Gasteiger partial charge in [0.05, 0.1) is 0 Å². The van der Waals surface area contributed by atoms with Gasteiger partial charge in [-0.15, -0.1) is 0 Å². The monoisotopic (exact) mass is 444 g/mol. The topological polar surface area (TPSA) is 61.4 Å². The molecule has 3 N–H and O–H groups in total. The fourth-order valence-electron chi connectivity index (χ4n) is 3.90. The van der Waals surface area contributed by atoms with Gasteiger partial charge in [0.15, 0.2) is 0 Å². The van der Waals surface area contributed by atoms with Gasteiger partial charge < -0.3 is 15.7 Å². The Morgan fingerprint density at radius 1 is 0.758 bits per heavy atom. The fraction of sp³-hybridized carbons (Fsp3) is 0.345. The summed E-state index contributed by atoms with van der Waals surface area (Å²) in [5.74, 6) is 0.450. The average molecular weight is 445 g/mol. The Morgan fingerprint density at radius 2 is 1.30 bits per heavy atom. The summed E-state index contributed by atoms with van der Waals surface area (Å²) in [4.78, 5) is 12.6. The summed E-state index contributed by atoms with van der Waals surface area (Å²) in [5, 5.41) is 17.0. The van der Waals surface area contributed by atoms with E-state index in [1.165, 1.54) is 0 Å². The van der Waals surface area contributed by atoms with E-state index in [0.29, 0.717) is 18.6 Å². The van der Waals surface area contributed by atoms with Gasteiger partial charge in [0.2, 0.25) is 5.91 Å². The molecule has 0 atom stereocenters. The summed E-state index contributed by atoms with van der Waals surface area (Å²) >= 11 is 0. The van der Waals surface area contributed by atoms with Crippen molar-refractivity contribution in [3.8, 4) is 5.75 Å². The summed E-state index contributed by atoms with van der Waals surface area (Å²) in [6.07, 6.45) is 7.13. The Morgan fingerprint density at radius 3 is 1.88 bits per heavy atom. The van der Waals surface area contributed by atoms with E-state index in [1.807, 2.05) is 54.6 Å². The van der Waals surface area contributed by atoms with Crippen LogP contribution in [0.2, 0.25) is 0 Å². The van der Waals surface area contributed by atoms with E-state index in [4.69, 9.17) is 0 Å². The second-order valence-electron chi connectivity index (χ2n) is 8.59. The number of amides is 1. The van der Waals surface area contributed by atoms with Crippen molar-refractivity contribution in [2.75, 3.05) is 10.6 Å². The fourth-order valence-corrected chi connectivity index (χ4v) is 3.90. The van der Waals surface area contributed by atoms with E-state index >= 15 is 0 Å². The minimum atomic E-state index is -0.00272. The molecule has 33 heavy (non-hydrogen) atoms. The third kappa shape index (κ3) is 7.67. The number of anilines is 3. The molecule has 4 heteroatoms. The van der Waals surface area contributed by atoms with Crippen LogP contribution in [-0.4, -0.2) is 11.0 Å². The molecule has 0 aliphatic carbocycles. The second kappa shape index (κ2) is 12.7. The Hall–Kier alpha value is -3.27. The van der Waals surface area contributed by atoms with Crippen LogP contribution in [0.3, 0.4) is 0 Å². The lowest BCUT2D eigenvalue weighted by Crippen LogP contribution is -2.12. The molecule has 0 fully saturated rings. The molecular weight excluding hydrogens is 408 g/mol. The lowest BCUT2D eigenvalue weighted by atomic mass is 9.95. The van der Waals surface area contributed by atoms with Crippen LogP contribution in [0.25, 0.3) is 0 Å². The molecule has 0 aliphatic heterocycles. The zero-order valence-electron chi connectivity index (χ0n) is 19.9. The Kier molecular flexibility index (Phi) is 9.37. The maximum Gasteiger partial charge on any atom is 0.224 e. The summed E-state index contributed by atoms with van der Waals surface area (Å²) in [5.41, 5.74) is 5.95. The predicted molar refractivity (Wildman–Crippen MR) is 138 cm³/mol. The van der Waals surface area contributed by atoms with Crippen LogP contribution in [0.15, 0.2) is 66.7 Å². The zero-order chi connectivity index (χ0) is 23.5. The van der Waals surface area contributed by atoms with Gasteiger partial charge in [0.25, 0.3) is 0 Å². The lowest BCUT2D eigenvalue weighted by molar-refractivity contribution is -0.116. The SMILES string of the molecule is CCCCc1cc(CCC(=O)Nc2ccc(Nc3ccccc3)cc2)cc(CCCC)c1O. The molecule has 0 aromatic heterocycles. The van der Waals surface area contributed by atoms with Gasteiger partial charge in [-0.05, 0) is 85.2 Å². The summed E-state index contributed by atoms with van der Waals surface area (Å²) < 4.78 is 0. The molecule has 0 spiro atoms. The van der Waals surface area contributed by atoms with Crippen LogP contribution >= 0.6 is 0 Å². The molecule has 0 saturated carbocycles. The zero-order valence-corrected chi connectivity index (χ0v) is 19.9. The smallest absolute Gasteiger partial charge is 0.224 e. The van der Waals surface area contributed by atoms with E-state index < -0.39 is 0 Å². The maximum atomic E-state index is 12.6. The number of phenolic OH excluding ortho intramolecular Hbond substituents is 1. The number of hydrogen-bond donors (Lipinski definition) is 3. The third-order valence-corrected chi connectivity index (χ3v) is 5.80. The Bertz CT molecular complexity index is 985. The molecule has 3 rings (SSSR count). The number of benzene rings is 3. The normalized spacial score (nSPS) is 10.7. The minimum absolute atomic E-state index is 0.00272. The van der Waals surface area contributed by atoms with Crippen molar-refractivity contribution >= 4 is 23.0 Å². The van der Waals surface area contributed by atoms with E-state index in [-0.39, 0.29) is 5.91 Å². The highest BCUT2D eigenvalue weighted by molar-refractivity contribution is 5.91. The number of para-hydroxylation sites is 1. The highest BCUT2D eigenvalue weighted by Gasteiger charge is 2.11. The number of aromatic hydroxyl groups is 1. The number of carbonyl (C=O) groups is 1. The predicted octanol–water partition coefficient (Wildman–Crippen LogP) is 7.39. The number of phenols is 1. The number of hydrogen-bond acceptors (Lipinski definition) is 3. The second-order valence-corrected chi connectivity index (χ2v) is 8.59. The van der Waals surface area contributed by atoms with Crippen molar-refractivity contribution in [3.05, 3.63) is 83.4 Å². The quantitative estimate of drug-likeness (QED) is 0.273. The molecule has 4 nitrogen and oxygen atoms in total. The number of nitrogens with one attached hydrogen (secondary N) is 2. The summed E-state index contributed by atoms with van der Waals surface area (Å²) in [6.45, 7) is 4.32. The van der Waals surface area contributed by atoms with Gasteiger partial charge >= 0.3 is 0 Å². The molecule has 0 heterocycles. The van der Waals surface area contributed by atoms with Crippen molar-refractivity contribution in [2.24, 2.45) is 0 Å². The first kappa shape index (κ1) is 24.4. The molecule has 174 valence electrons. The maximum absolute atomic E-state index is 12.6. The highest BCUT2D eigenvalue weighted by Crippen LogP contribution is 2.28. The van der Waals surface area contributed by atoms with Gasteiger partial charge in [-0.2, -0.15) is 0 Å². The molecule has 0 radical (unpaired) electrons. The third-order valence-electron chi connectivity index (χ3n) is 5.80. The number of rotatable bonds is 12. The van der Waals surface area contributed by atoms with Gasteiger partial charge in [-0.1, -0.05) is 57.0 Å². The van der Waals surface area contributed by atoms with Gasteiger partial charge in [-0.25, -0.2) is 0 Å². The summed E-state index contributed by atoms with van der Waals surface area (Å²) in [7, 11) is 0. The van der Waals surface area contributed by atoms with Gasteiger partial charge in [0.1, 0.15) is 5.75 Å². The highest BCUT2D eigenvalue weighted by atomic mass is 16.3. The van der Waals surface area contributed by atoms with Crippen LogP contribution in [-0.2, 0) is 24.1 Å². The van der Waals surface area contributed by atoms with Crippen LogP contribution in [0, 0.1) is 0 Å². The molecule has 0 aliphatic rings. The van der Waals surface area contributed by atoms with Crippen molar-refractivity contribution in [3.63, 3.8) is 0 Å². The number of unbranched alkanes of at least 4 members (excludes halogenated alkanes) is 2. The molecule has 3 aromatic carbocycles. The molecule has 0 saturated heterocycles. The molecule has 0 bridgehead atoms. The Labute approximate surface area is 198 Å². The van der Waals surface area contributed by atoms with Crippen molar-refractivity contribution < 1.29 is 9.90 Å². The molecule has 0 unspecified atom stereocenters.